The molecule has 2 aromatic rings. The number of nitrogens with zero attached hydrogens (tertiary/aromatic N) is 2. The van der Waals surface area contributed by atoms with Crippen LogP contribution in [-0.2, 0) is 6.54 Å². The zero-order valence-corrected chi connectivity index (χ0v) is 11.9. The summed E-state index contributed by atoms with van der Waals surface area (Å²) in [6, 6.07) is 15.4. The summed E-state index contributed by atoms with van der Waals surface area (Å²) in [5.41, 5.74) is 8.35. The third-order valence-electron chi connectivity index (χ3n) is 3.02. The summed E-state index contributed by atoms with van der Waals surface area (Å²) < 4.78 is 0. The number of oxime groups is 1. The monoisotopic (exact) mass is 289 g/mol. The normalized spacial score (nSPS) is 11.4. The number of hydrogen-bond acceptors (Lipinski definition) is 3. The minimum Gasteiger partial charge on any atom is -0.409 e. The van der Waals surface area contributed by atoms with Crippen LogP contribution in [-0.4, -0.2) is 18.1 Å². The van der Waals surface area contributed by atoms with E-state index in [4.69, 9.17) is 22.5 Å². The molecule has 0 saturated heterocycles. The molecule has 0 bridgehead atoms. The second-order valence-electron chi connectivity index (χ2n) is 4.49. The summed E-state index contributed by atoms with van der Waals surface area (Å²) in [6.45, 7) is 0.716. The largest absolute Gasteiger partial charge is 0.409 e. The average Bonchev–Trinajstić information content (AvgIpc) is 2.47. The summed E-state index contributed by atoms with van der Waals surface area (Å²) in [6.07, 6.45) is 0. The Labute approximate surface area is 123 Å². The molecule has 0 heterocycles. The molecule has 20 heavy (non-hydrogen) atoms. The van der Waals surface area contributed by atoms with Gasteiger partial charge in [-0.2, -0.15) is 0 Å². The lowest BCUT2D eigenvalue weighted by Gasteiger charge is -2.22. The molecule has 0 amide bonds. The molecule has 3 N–H and O–H groups in total. The molecule has 0 atom stereocenters. The molecular weight excluding hydrogens is 274 g/mol. The maximum absolute atomic E-state index is 8.88. The van der Waals surface area contributed by atoms with Crippen molar-refractivity contribution in [2.24, 2.45) is 10.9 Å². The summed E-state index contributed by atoms with van der Waals surface area (Å²) in [5, 5.41) is 12.5. The van der Waals surface area contributed by atoms with Gasteiger partial charge in [-0.1, -0.05) is 47.1 Å². The Hall–Kier alpha value is -2.20. The zero-order chi connectivity index (χ0) is 14.5. The van der Waals surface area contributed by atoms with Crippen LogP contribution in [0.5, 0.6) is 0 Å². The highest BCUT2D eigenvalue weighted by Gasteiger charge is 2.12. The van der Waals surface area contributed by atoms with Gasteiger partial charge in [-0.25, -0.2) is 0 Å². The molecule has 0 spiro atoms. The van der Waals surface area contributed by atoms with E-state index >= 15 is 0 Å². The van der Waals surface area contributed by atoms with Crippen LogP contribution in [0.4, 0.5) is 5.69 Å². The minimum absolute atomic E-state index is 0.0439. The van der Waals surface area contributed by atoms with Gasteiger partial charge >= 0.3 is 0 Å². The van der Waals surface area contributed by atoms with E-state index in [0.29, 0.717) is 17.1 Å². The Morgan fingerprint density at radius 1 is 1.25 bits per heavy atom. The van der Waals surface area contributed by atoms with Crippen LogP contribution in [0.2, 0.25) is 5.02 Å². The fourth-order valence-corrected chi connectivity index (χ4v) is 2.21. The van der Waals surface area contributed by atoms with Crippen LogP contribution in [0.25, 0.3) is 0 Å². The Morgan fingerprint density at radius 2 is 1.95 bits per heavy atom. The molecule has 2 aromatic carbocycles. The van der Waals surface area contributed by atoms with Gasteiger partial charge in [0.2, 0.25) is 0 Å². The number of anilines is 1. The van der Waals surface area contributed by atoms with Crippen molar-refractivity contribution in [3.8, 4) is 0 Å². The summed E-state index contributed by atoms with van der Waals surface area (Å²) in [4.78, 5) is 2.03. The lowest BCUT2D eigenvalue weighted by atomic mass is 10.1. The number of nitrogens with two attached hydrogens (primary N) is 1. The predicted molar refractivity (Wildman–Crippen MR) is 82.5 cm³/mol. The SMILES string of the molecule is CN(Cc1ccccc1)c1ccc(Cl)cc1C(N)=NO. The topological polar surface area (TPSA) is 61.8 Å². The first-order valence-electron chi connectivity index (χ1n) is 6.14. The van der Waals surface area contributed by atoms with E-state index in [-0.39, 0.29) is 5.84 Å². The number of benzene rings is 2. The van der Waals surface area contributed by atoms with Crippen LogP contribution in [0.3, 0.4) is 0 Å². The molecule has 5 heteroatoms. The first-order valence-corrected chi connectivity index (χ1v) is 6.52. The number of hydrogen-bond donors (Lipinski definition) is 2. The van der Waals surface area contributed by atoms with Gasteiger partial charge in [0, 0.05) is 29.9 Å². The van der Waals surface area contributed by atoms with Crippen LogP contribution < -0.4 is 10.6 Å². The first kappa shape index (κ1) is 14.2. The number of halogens is 1. The van der Waals surface area contributed by atoms with Gasteiger partial charge in [-0.05, 0) is 23.8 Å². The van der Waals surface area contributed by atoms with Gasteiger partial charge in [0.15, 0.2) is 5.84 Å². The molecule has 0 aromatic heterocycles. The van der Waals surface area contributed by atoms with E-state index < -0.39 is 0 Å². The lowest BCUT2D eigenvalue weighted by Crippen LogP contribution is -2.22. The van der Waals surface area contributed by atoms with Gasteiger partial charge in [0.1, 0.15) is 0 Å². The Morgan fingerprint density at radius 3 is 2.60 bits per heavy atom. The quantitative estimate of drug-likeness (QED) is 0.393. The Bertz CT molecular complexity index is 614. The van der Waals surface area contributed by atoms with Crippen molar-refractivity contribution in [2.75, 3.05) is 11.9 Å². The van der Waals surface area contributed by atoms with Crippen molar-refractivity contribution < 1.29 is 5.21 Å². The average molecular weight is 290 g/mol. The second kappa shape index (κ2) is 6.30. The molecule has 0 aliphatic rings. The number of rotatable bonds is 4. The minimum atomic E-state index is 0.0439. The van der Waals surface area contributed by atoms with Crippen molar-refractivity contribution in [3.05, 3.63) is 64.7 Å². The highest BCUT2D eigenvalue weighted by atomic mass is 35.5. The Kier molecular flexibility index (Phi) is 4.48. The fraction of sp³-hybridized carbons (Fsp3) is 0.133. The van der Waals surface area contributed by atoms with Crippen LogP contribution >= 0.6 is 11.6 Å². The van der Waals surface area contributed by atoms with Gasteiger partial charge in [-0.3, -0.25) is 0 Å². The molecule has 0 fully saturated rings. The van der Waals surface area contributed by atoms with E-state index in [2.05, 4.69) is 17.3 Å². The van der Waals surface area contributed by atoms with Crippen molar-refractivity contribution in [2.45, 2.75) is 6.54 Å². The molecule has 2 rings (SSSR count). The molecule has 0 saturated carbocycles. The van der Waals surface area contributed by atoms with Crippen molar-refractivity contribution in [1.82, 2.24) is 0 Å². The lowest BCUT2D eigenvalue weighted by molar-refractivity contribution is 0.318. The van der Waals surface area contributed by atoms with E-state index in [1.165, 1.54) is 5.56 Å². The van der Waals surface area contributed by atoms with Crippen LogP contribution in [0.1, 0.15) is 11.1 Å². The first-order chi connectivity index (χ1) is 9.61. The van der Waals surface area contributed by atoms with Gasteiger partial charge in [0.25, 0.3) is 0 Å². The van der Waals surface area contributed by atoms with Crippen LogP contribution in [0, 0.1) is 0 Å². The smallest absolute Gasteiger partial charge is 0.172 e. The van der Waals surface area contributed by atoms with E-state index in [9.17, 15) is 0 Å². The fourth-order valence-electron chi connectivity index (χ4n) is 2.04. The molecule has 0 radical (unpaired) electrons. The van der Waals surface area contributed by atoms with Gasteiger partial charge in [-0.15, -0.1) is 0 Å². The number of amidine groups is 1. The van der Waals surface area contributed by atoms with Crippen molar-refractivity contribution in [1.29, 1.82) is 0 Å². The highest BCUT2D eigenvalue weighted by Crippen LogP contribution is 2.24. The molecular formula is C15H16ClN3O. The third kappa shape index (κ3) is 3.22. The van der Waals surface area contributed by atoms with Gasteiger partial charge in [0.05, 0.1) is 0 Å². The third-order valence-corrected chi connectivity index (χ3v) is 3.25. The molecule has 0 aliphatic carbocycles. The summed E-state index contributed by atoms with van der Waals surface area (Å²) in [5.74, 6) is 0.0439. The molecule has 104 valence electrons. The van der Waals surface area contributed by atoms with E-state index in [0.717, 1.165) is 5.69 Å². The zero-order valence-electron chi connectivity index (χ0n) is 11.1. The van der Waals surface area contributed by atoms with Crippen molar-refractivity contribution in [3.63, 3.8) is 0 Å². The Balaban J connectivity index is 2.32. The second-order valence-corrected chi connectivity index (χ2v) is 4.92. The summed E-state index contributed by atoms with van der Waals surface area (Å²) in [7, 11) is 1.95. The molecule has 4 nitrogen and oxygen atoms in total. The van der Waals surface area contributed by atoms with Crippen molar-refractivity contribution >= 4 is 23.1 Å². The van der Waals surface area contributed by atoms with E-state index in [1.807, 2.05) is 36.2 Å². The standard InChI is InChI=1S/C15H16ClN3O/c1-19(10-11-5-3-2-4-6-11)14-8-7-12(16)9-13(14)15(17)18-20/h2-9,20H,10H2,1H3,(H2,17,18). The van der Waals surface area contributed by atoms with Gasteiger partial charge < -0.3 is 15.8 Å². The van der Waals surface area contributed by atoms with E-state index in [1.54, 1.807) is 12.1 Å². The maximum Gasteiger partial charge on any atom is 0.172 e. The predicted octanol–water partition coefficient (Wildman–Crippen LogP) is 3.07. The van der Waals surface area contributed by atoms with Crippen LogP contribution in [0.15, 0.2) is 53.7 Å². The highest BCUT2D eigenvalue weighted by molar-refractivity contribution is 6.31. The molecule has 0 unspecified atom stereocenters. The molecule has 0 aliphatic heterocycles. The maximum atomic E-state index is 8.88. The summed E-state index contributed by atoms with van der Waals surface area (Å²) >= 11 is 5.97.